The molecule has 0 heterocycles. The van der Waals surface area contributed by atoms with Crippen LogP contribution in [0, 0.1) is 0 Å². The van der Waals surface area contributed by atoms with Gasteiger partial charge in [-0.25, -0.2) is 0 Å². The molecule has 1 N–H and O–H groups in total. The molecule has 0 amide bonds. The highest BCUT2D eigenvalue weighted by molar-refractivity contribution is 5.51. The molecule has 0 aliphatic rings. The lowest BCUT2D eigenvalue weighted by Gasteiger charge is -2.29. The minimum atomic E-state index is 0.0453. The molecule has 0 unspecified atom stereocenters. The predicted molar refractivity (Wildman–Crippen MR) is 87.0 cm³/mol. The number of hydrogen-bond acceptors (Lipinski definition) is 3. The van der Waals surface area contributed by atoms with E-state index in [0.717, 1.165) is 17.2 Å². The number of aliphatic hydroxyl groups excluding tert-OH is 1. The van der Waals surface area contributed by atoms with Crippen LogP contribution in [0.25, 0.3) is 0 Å². The fourth-order valence-electron chi connectivity index (χ4n) is 2.11. The van der Waals surface area contributed by atoms with Crippen LogP contribution in [0.4, 0.5) is 5.69 Å². The van der Waals surface area contributed by atoms with E-state index in [2.05, 4.69) is 11.5 Å². The third-order valence-electron chi connectivity index (χ3n) is 3.27. The Kier molecular flexibility index (Phi) is 5.41. The number of ether oxygens (including phenoxy) is 1. The lowest BCUT2D eigenvalue weighted by molar-refractivity contribution is 0.268. The Balaban J connectivity index is 2.11. The van der Waals surface area contributed by atoms with Crippen molar-refractivity contribution in [2.24, 2.45) is 0 Å². The summed E-state index contributed by atoms with van der Waals surface area (Å²) in [4.78, 5) is 2.10. The topological polar surface area (TPSA) is 32.7 Å². The zero-order valence-corrected chi connectivity index (χ0v) is 12.3. The van der Waals surface area contributed by atoms with Crippen molar-refractivity contribution in [2.45, 2.75) is 13.0 Å². The van der Waals surface area contributed by atoms with Crippen LogP contribution in [0.3, 0.4) is 0 Å². The molecule has 0 aliphatic heterocycles. The molecule has 2 rings (SSSR count). The number of para-hydroxylation sites is 1. The average Bonchev–Trinajstić information content (AvgIpc) is 2.54. The van der Waals surface area contributed by atoms with Crippen molar-refractivity contribution in [2.75, 3.05) is 18.1 Å². The van der Waals surface area contributed by atoms with E-state index < -0.39 is 0 Å². The highest BCUT2D eigenvalue weighted by Gasteiger charge is 2.12. The molecule has 0 fully saturated rings. The number of anilines is 1. The maximum atomic E-state index is 9.34. The first-order chi connectivity index (χ1) is 10.2. The Bertz CT molecular complexity index is 551. The highest BCUT2D eigenvalue weighted by Crippen LogP contribution is 2.25. The number of rotatable bonds is 7. The summed E-state index contributed by atoms with van der Waals surface area (Å²) in [5.41, 5.74) is 1.04. The lowest BCUT2D eigenvalue weighted by atomic mass is 10.2. The van der Waals surface area contributed by atoms with Gasteiger partial charge in [-0.2, -0.15) is 0 Å². The van der Waals surface area contributed by atoms with Gasteiger partial charge in [-0.3, -0.25) is 0 Å². The molecule has 0 spiro atoms. The molecule has 0 saturated heterocycles. The van der Waals surface area contributed by atoms with Crippen LogP contribution in [0.2, 0.25) is 0 Å². The Morgan fingerprint density at radius 1 is 1.10 bits per heavy atom. The molecule has 0 radical (unpaired) electrons. The monoisotopic (exact) mass is 283 g/mol. The zero-order valence-electron chi connectivity index (χ0n) is 12.3. The third-order valence-corrected chi connectivity index (χ3v) is 3.27. The van der Waals surface area contributed by atoms with Gasteiger partial charge >= 0.3 is 0 Å². The summed E-state index contributed by atoms with van der Waals surface area (Å²) in [6.45, 7) is 6.55. The molecule has 110 valence electrons. The summed E-state index contributed by atoms with van der Waals surface area (Å²) in [7, 11) is 0. The lowest BCUT2D eigenvalue weighted by Crippen LogP contribution is -2.35. The highest BCUT2D eigenvalue weighted by atomic mass is 16.5. The smallest absolute Gasteiger partial charge is 0.127 e. The minimum absolute atomic E-state index is 0.0453. The van der Waals surface area contributed by atoms with Crippen molar-refractivity contribution in [1.29, 1.82) is 0 Å². The second kappa shape index (κ2) is 7.50. The Hall–Kier alpha value is -2.26. The molecule has 3 heteroatoms. The standard InChI is InChI=1S/C18H21NO2/c1-3-13-19(15(2)14-20)16-9-11-18(12-10-16)21-17-7-5-4-6-8-17/h3-12,15,20H,1,13-14H2,2H3/t15-/m0/s1. The van der Waals surface area contributed by atoms with Crippen LogP contribution in [0.15, 0.2) is 67.3 Å². The van der Waals surface area contributed by atoms with E-state index in [0.29, 0.717) is 6.54 Å². The number of hydrogen-bond donors (Lipinski definition) is 1. The van der Waals surface area contributed by atoms with E-state index in [4.69, 9.17) is 4.74 Å². The Morgan fingerprint density at radius 3 is 2.29 bits per heavy atom. The fraction of sp³-hybridized carbons (Fsp3) is 0.222. The maximum absolute atomic E-state index is 9.34. The van der Waals surface area contributed by atoms with Gasteiger partial charge in [-0.15, -0.1) is 6.58 Å². The van der Waals surface area contributed by atoms with Crippen molar-refractivity contribution in [1.82, 2.24) is 0 Å². The van der Waals surface area contributed by atoms with Crippen molar-refractivity contribution in [3.05, 3.63) is 67.3 Å². The minimum Gasteiger partial charge on any atom is -0.457 e. The fourth-order valence-corrected chi connectivity index (χ4v) is 2.11. The van der Waals surface area contributed by atoms with Crippen molar-refractivity contribution in [3.63, 3.8) is 0 Å². The molecule has 0 aromatic heterocycles. The summed E-state index contributed by atoms with van der Waals surface area (Å²) in [6.07, 6.45) is 1.83. The van der Waals surface area contributed by atoms with Gasteiger partial charge in [0.05, 0.1) is 6.61 Å². The molecule has 0 bridgehead atoms. The quantitative estimate of drug-likeness (QED) is 0.783. The summed E-state index contributed by atoms with van der Waals surface area (Å²) in [6, 6.07) is 17.6. The summed E-state index contributed by atoms with van der Waals surface area (Å²) < 4.78 is 5.77. The molecule has 21 heavy (non-hydrogen) atoms. The molecule has 1 atom stereocenters. The van der Waals surface area contributed by atoms with E-state index in [9.17, 15) is 5.11 Å². The number of aliphatic hydroxyl groups is 1. The van der Waals surface area contributed by atoms with Gasteiger partial charge in [0, 0.05) is 18.3 Å². The van der Waals surface area contributed by atoms with Gasteiger partial charge in [0.15, 0.2) is 0 Å². The van der Waals surface area contributed by atoms with Gasteiger partial charge in [0.2, 0.25) is 0 Å². The second-order valence-electron chi connectivity index (χ2n) is 4.88. The van der Waals surface area contributed by atoms with Crippen LogP contribution < -0.4 is 9.64 Å². The van der Waals surface area contributed by atoms with E-state index in [1.54, 1.807) is 0 Å². The van der Waals surface area contributed by atoms with Crippen molar-refractivity contribution < 1.29 is 9.84 Å². The first-order valence-corrected chi connectivity index (χ1v) is 7.06. The van der Waals surface area contributed by atoms with Crippen molar-refractivity contribution >= 4 is 5.69 Å². The first kappa shape index (κ1) is 15.1. The van der Waals surface area contributed by atoms with Gasteiger partial charge in [-0.1, -0.05) is 24.3 Å². The van der Waals surface area contributed by atoms with Crippen LogP contribution in [-0.2, 0) is 0 Å². The third kappa shape index (κ3) is 4.10. The largest absolute Gasteiger partial charge is 0.457 e. The zero-order chi connectivity index (χ0) is 15.1. The maximum Gasteiger partial charge on any atom is 0.127 e. The van der Waals surface area contributed by atoms with E-state index in [1.165, 1.54) is 0 Å². The molecule has 3 nitrogen and oxygen atoms in total. The molecule has 2 aromatic carbocycles. The van der Waals surface area contributed by atoms with Gasteiger partial charge in [0.25, 0.3) is 0 Å². The normalized spacial score (nSPS) is 11.7. The van der Waals surface area contributed by atoms with Crippen LogP contribution in [0.5, 0.6) is 11.5 Å². The van der Waals surface area contributed by atoms with Gasteiger partial charge < -0.3 is 14.7 Å². The van der Waals surface area contributed by atoms with E-state index >= 15 is 0 Å². The second-order valence-corrected chi connectivity index (χ2v) is 4.88. The van der Waals surface area contributed by atoms with Crippen LogP contribution in [0.1, 0.15) is 6.92 Å². The van der Waals surface area contributed by atoms with E-state index in [1.807, 2.05) is 67.6 Å². The first-order valence-electron chi connectivity index (χ1n) is 7.06. The SMILES string of the molecule is C=CCN(c1ccc(Oc2ccccc2)cc1)[C@@H](C)CO. The molecule has 2 aromatic rings. The van der Waals surface area contributed by atoms with Crippen molar-refractivity contribution in [3.8, 4) is 11.5 Å². The predicted octanol–water partition coefficient (Wildman–Crippen LogP) is 3.85. The summed E-state index contributed by atoms with van der Waals surface area (Å²) in [5.74, 6) is 1.61. The summed E-state index contributed by atoms with van der Waals surface area (Å²) >= 11 is 0. The van der Waals surface area contributed by atoms with Crippen LogP contribution >= 0.6 is 0 Å². The Morgan fingerprint density at radius 2 is 1.71 bits per heavy atom. The molecular weight excluding hydrogens is 262 g/mol. The molecule has 0 saturated carbocycles. The Labute approximate surface area is 126 Å². The van der Waals surface area contributed by atoms with Crippen LogP contribution in [-0.4, -0.2) is 24.3 Å². The van der Waals surface area contributed by atoms with E-state index in [-0.39, 0.29) is 12.6 Å². The number of benzene rings is 2. The molecule has 0 aliphatic carbocycles. The van der Waals surface area contributed by atoms with Gasteiger partial charge in [0.1, 0.15) is 11.5 Å². The molecular formula is C18H21NO2. The average molecular weight is 283 g/mol. The van der Waals surface area contributed by atoms with Gasteiger partial charge in [-0.05, 0) is 43.3 Å². The summed E-state index contributed by atoms with van der Waals surface area (Å²) in [5, 5.41) is 9.34. The number of nitrogens with zero attached hydrogens (tertiary/aromatic N) is 1.